The van der Waals surface area contributed by atoms with Gasteiger partial charge in [-0.15, -0.1) is 0 Å². The van der Waals surface area contributed by atoms with Crippen molar-refractivity contribution >= 4 is 17.4 Å². The van der Waals surface area contributed by atoms with Gasteiger partial charge in [-0.2, -0.15) is 0 Å². The van der Waals surface area contributed by atoms with E-state index in [1.165, 1.54) is 16.6 Å². The lowest BCUT2D eigenvalue weighted by atomic mass is 10.4. The van der Waals surface area contributed by atoms with Gasteiger partial charge in [-0.3, -0.25) is 19.1 Å². The molecule has 0 bridgehead atoms. The summed E-state index contributed by atoms with van der Waals surface area (Å²) in [6.07, 6.45) is 0. The zero-order valence-electron chi connectivity index (χ0n) is 11.7. The molecular formula is C11H19N5O4. The first kappa shape index (κ1) is 15.8. The number of nitrogens with zero attached hydrogens (tertiary/aromatic N) is 2. The van der Waals surface area contributed by atoms with Crippen LogP contribution < -0.4 is 22.3 Å². The maximum atomic E-state index is 11.7. The third-order valence-electron chi connectivity index (χ3n) is 2.67. The Morgan fingerprint density at radius 3 is 2.65 bits per heavy atom. The van der Waals surface area contributed by atoms with Gasteiger partial charge in [-0.1, -0.05) is 0 Å². The molecule has 4 N–H and O–H groups in total. The number of likely N-dealkylation sites (N-methyl/N-ethyl adjacent to an activating group) is 1. The molecule has 0 aliphatic rings. The number of anilines is 2. The van der Waals surface area contributed by atoms with Crippen LogP contribution in [0.5, 0.6) is 0 Å². The lowest BCUT2D eigenvalue weighted by Crippen LogP contribution is -2.36. The number of nitrogens with two attached hydrogens (primary N) is 1. The van der Waals surface area contributed by atoms with E-state index in [2.05, 4.69) is 10.3 Å². The molecule has 0 aliphatic heterocycles. The summed E-state index contributed by atoms with van der Waals surface area (Å²) < 4.78 is 6.04. The Morgan fingerprint density at radius 1 is 1.45 bits per heavy atom. The number of methoxy groups -OCH3 is 1. The maximum absolute atomic E-state index is 11.7. The molecule has 0 fully saturated rings. The summed E-state index contributed by atoms with van der Waals surface area (Å²) in [6.45, 7) is 0.378. The molecule has 1 heterocycles. The monoisotopic (exact) mass is 285 g/mol. The van der Waals surface area contributed by atoms with Crippen LogP contribution in [-0.4, -0.2) is 54.7 Å². The van der Waals surface area contributed by atoms with Gasteiger partial charge >= 0.3 is 5.69 Å². The summed E-state index contributed by atoms with van der Waals surface area (Å²) in [7, 11) is 4.68. The number of aromatic amines is 1. The molecule has 0 spiro atoms. The van der Waals surface area contributed by atoms with Crippen molar-refractivity contribution in [2.75, 3.05) is 45.4 Å². The van der Waals surface area contributed by atoms with Crippen LogP contribution in [0.3, 0.4) is 0 Å². The van der Waals surface area contributed by atoms with E-state index in [9.17, 15) is 14.4 Å². The topological polar surface area (TPSA) is 122 Å². The fourth-order valence-electron chi connectivity index (χ4n) is 1.49. The van der Waals surface area contributed by atoms with Crippen LogP contribution in [0.1, 0.15) is 0 Å². The van der Waals surface area contributed by atoms with Gasteiger partial charge in [0.2, 0.25) is 5.91 Å². The second-order valence-corrected chi connectivity index (χ2v) is 4.31. The lowest BCUT2D eigenvalue weighted by Gasteiger charge is -2.15. The number of hydrogen-bond acceptors (Lipinski definition) is 6. The highest BCUT2D eigenvalue weighted by molar-refractivity contribution is 5.81. The van der Waals surface area contributed by atoms with Crippen LogP contribution in [0.2, 0.25) is 0 Å². The number of H-pyrrole nitrogens is 1. The molecular weight excluding hydrogens is 266 g/mol. The standard InChI is InChI=1S/C11H19N5O4/c1-15(2)7(17)6-13-8-9(12)16(4-5-20-3)11(19)14-10(8)18/h13H,4-6,12H2,1-3H3,(H,14,18,19). The van der Waals surface area contributed by atoms with Crippen molar-refractivity contribution in [1.29, 1.82) is 0 Å². The van der Waals surface area contributed by atoms with Gasteiger partial charge in [0.05, 0.1) is 19.7 Å². The predicted molar refractivity (Wildman–Crippen MR) is 74.8 cm³/mol. The van der Waals surface area contributed by atoms with Crippen molar-refractivity contribution < 1.29 is 9.53 Å². The number of hydrogen-bond donors (Lipinski definition) is 3. The molecule has 0 radical (unpaired) electrons. The molecule has 0 saturated carbocycles. The number of carbonyl (C=O) groups is 1. The van der Waals surface area contributed by atoms with E-state index in [4.69, 9.17) is 10.5 Å². The van der Waals surface area contributed by atoms with Crippen molar-refractivity contribution in [2.24, 2.45) is 0 Å². The molecule has 0 aliphatic carbocycles. The lowest BCUT2D eigenvalue weighted by molar-refractivity contribution is -0.126. The second-order valence-electron chi connectivity index (χ2n) is 4.31. The molecule has 0 aromatic carbocycles. The number of rotatable bonds is 6. The first-order valence-electron chi connectivity index (χ1n) is 5.94. The van der Waals surface area contributed by atoms with Crippen molar-refractivity contribution in [1.82, 2.24) is 14.5 Å². The molecule has 9 heteroatoms. The van der Waals surface area contributed by atoms with Crippen LogP contribution in [0.4, 0.5) is 11.5 Å². The summed E-state index contributed by atoms with van der Waals surface area (Å²) in [5.41, 5.74) is 4.51. The zero-order valence-corrected chi connectivity index (χ0v) is 11.7. The van der Waals surface area contributed by atoms with E-state index in [1.807, 2.05) is 0 Å². The second kappa shape index (κ2) is 6.75. The number of carbonyl (C=O) groups excluding carboxylic acids is 1. The molecule has 0 unspecified atom stereocenters. The average Bonchev–Trinajstić information content (AvgIpc) is 2.37. The van der Waals surface area contributed by atoms with Crippen LogP contribution in [-0.2, 0) is 16.1 Å². The van der Waals surface area contributed by atoms with E-state index < -0.39 is 11.2 Å². The maximum Gasteiger partial charge on any atom is 0.330 e. The van der Waals surface area contributed by atoms with E-state index in [0.29, 0.717) is 0 Å². The summed E-state index contributed by atoms with van der Waals surface area (Å²) >= 11 is 0. The Hall–Kier alpha value is -2.29. The normalized spacial score (nSPS) is 10.3. The Labute approximate surface area is 115 Å². The quantitative estimate of drug-likeness (QED) is 0.570. The Morgan fingerprint density at radius 2 is 2.10 bits per heavy atom. The fourth-order valence-corrected chi connectivity index (χ4v) is 1.49. The van der Waals surface area contributed by atoms with Gasteiger partial charge in [0, 0.05) is 21.2 Å². The van der Waals surface area contributed by atoms with E-state index in [0.717, 1.165) is 0 Å². The van der Waals surface area contributed by atoms with Crippen LogP contribution >= 0.6 is 0 Å². The molecule has 0 atom stereocenters. The summed E-state index contributed by atoms with van der Waals surface area (Å²) in [4.78, 5) is 38.3. The first-order valence-corrected chi connectivity index (χ1v) is 5.94. The summed E-state index contributed by atoms with van der Waals surface area (Å²) in [6, 6.07) is 0. The third kappa shape index (κ3) is 3.60. The van der Waals surface area contributed by atoms with E-state index in [-0.39, 0.29) is 37.1 Å². The average molecular weight is 285 g/mol. The van der Waals surface area contributed by atoms with E-state index >= 15 is 0 Å². The van der Waals surface area contributed by atoms with Crippen LogP contribution in [0.25, 0.3) is 0 Å². The minimum Gasteiger partial charge on any atom is -0.383 e. The predicted octanol–water partition coefficient (Wildman–Crippen LogP) is -1.73. The highest BCUT2D eigenvalue weighted by Gasteiger charge is 2.13. The highest BCUT2D eigenvalue weighted by atomic mass is 16.5. The molecule has 1 amide bonds. The van der Waals surface area contributed by atoms with Crippen molar-refractivity contribution in [3.63, 3.8) is 0 Å². The number of nitrogen functional groups attached to an aromatic ring is 1. The van der Waals surface area contributed by atoms with Gasteiger partial charge in [0.15, 0.2) is 0 Å². The van der Waals surface area contributed by atoms with E-state index in [1.54, 1.807) is 14.1 Å². The minimum atomic E-state index is -0.660. The van der Waals surface area contributed by atoms with Crippen molar-refractivity contribution in [2.45, 2.75) is 6.54 Å². The summed E-state index contributed by atoms with van der Waals surface area (Å²) in [5, 5.41) is 2.65. The van der Waals surface area contributed by atoms with Crippen molar-refractivity contribution in [3.05, 3.63) is 20.8 Å². The van der Waals surface area contributed by atoms with Crippen LogP contribution in [0.15, 0.2) is 9.59 Å². The van der Waals surface area contributed by atoms with Gasteiger partial charge < -0.3 is 20.7 Å². The number of nitrogens with one attached hydrogen (secondary N) is 2. The van der Waals surface area contributed by atoms with Crippen LogP contribution in [0, 0.1) is 0 Å². The van der Waals surface area contributed by atoms with Crippen molar-refractivity contribution in [3.8, 4) is 0 Å². The smallest absolute Gasteiger partial charge is 0.330 e. The fraction of sp³-hybridized carbons (Fsp3) is 0.545. The highest BCUT2D eigenvalue weighted by Crippen LogP contribution is 2.09. The number of ether oxygens (including phenoxy) is 1. The molecule has 0 saturated heterocycles. The van der Waals surface area contributed by atoms with Gasteiger partial charge in [-0.25, -0.2) is 4.79 Å². The Kier molecular flexibility index (Phi) is 5.32. The van der Waals surface area contributed by atoms with Gasteiger partial charge in [-0.05, 0) is 0 Å². The molecule has 9 nitrogen and oxygen atoms in total. The number of amides is 1. The largest absolute Gasteiger partial charge is 0.383 e. The molecule has 1 rings (SSSR count). The molecule has 112 valence electrons. The molecule has 1 aromatic rings. The van der Waals surface area contributed by atoms with Gasteiger partial charge in [0.25, 0.3) is 5.56 Å². The minimum absolute atomic E-state index is 0.00379. The first-order chi connectivity index (χ1) is 9.38. The molecule has 20 heavy (non-hydrogen) atoms. The van der Waals surface area contributed by atoms with Gasteiger partial charge in [0.1, 0.15) is 11.5 Å². The Bertz CT molecular complexity index is 589. The molecule has 1 aromatic heterocycles. The zero-order chi connectivity index (χ0) is 15.3. The summed E-state index contributed by atoms with van der Waals surface area (Å²) in [5.74, 6) is -0.249. The third-order valence-corrected chi connectivity index (χ3v) is 2.67. The number of aromatic nitrogens is 2. The Balaban J connectivity index is 3.04. The SMILES string of the molecule is COCCn1c(N)c(NCC(=O)N(C)C)c(=O)[nH]c1=O.